The third-order valence-electron chi connectivity index (χ3n) is 2.92. The van der Waals surface area contributed by atoms with E-state index in [0.29, 0.717) is 0 Å². The Bertz CT molecular complexity index is 228. The van der Waals surface area contributed by atoms with Crippen LogP contribution in [0.2, 0.25) is 0 Å². The monoisotopic (exact) mass is 237 g/mol. The second kappa shape index (κ2) is 2.55. The van der Waals surface area contributed by atoms with Crippen molar-refractivity contribution in [2.75, 3.05) is 0 Å². The van der Waals surface area contributed by atoms with E-state index in [1.165, 1.54) is 20.9 Å². The summed E-state index contributed by atoms with van der Waals surface area (Å²) in [5, 5.41) is 0. The Morgan fingerprint density at radius 1 is 1.00 bits per heavy atom. The molecule has 0 bridgehead atoms. The molecule has 0 fully saturated rings. The topological polar surface area (TPSA) is 0 Å². The van der Waals surface area contributed by atoms with E-state index in [-0.39, 0.29) is 5.41 Å². The minimum atomic E-state index is 0.283. The first-order valence-corrected chi connectivity index (χ1v) is 4.80. The average Bonchev–Trinajstić information content (AvgIpc) is 2.06. The molecule has 0 radical (unpaired) electrons. The molecule has 1 aliphatic rings. The van der Waals surface area contributed by atoms with Gasteiger partial charge in [0, 0.05) is 0 Å². The second-order valence-corrected chi connectivity index (χ2v) is 4.67. The molecule has 0 heterocycles. The summed E-state index contributed by atoms with van der Waals surface area (Å²) >= 11 is 2.77. The first-order valence-electron chi connectivity index (χ1n) is 3.93. The van der Waals surface area contributed by atoms with Crippen LogP contribution in [0.5, 0.6) is 0 Å². The maximum atomic E-state index is 2.77. The molecule has 0 aliphatic heterocycles. The van der Waals surface area contributed by atoms with Crippen LogP contribution in [-0.4, -0.2) is 0 Å². The molecule has 0 saturated carbocycles. The van der Waals surface area contributed by atoms with Gasteiger partial charge >= 0.3 is 79.2 Å². The first kappa shape index (κ1) is 9.19. The molecule has 1 rings (SSSR count). The van der Waals surface area contributed by atoms with Crippen LogP contribution >= 0.6 is 0 Å². The van der Waals surface area contributed by atoms with Crippen LogP contribution in [0.3, 0.4) is 0 Å². The summed E-state index contributed by atoms with van der Waals surface area (Å²) < 4.78 is 1.46. The van der Waals surface area contributed by atoms with Crippen LogP contribution in [0.1, 0.15) is 34.6 Å². The van der Waals surface area contributed by atoms with Crippen molar-refractivity contribution in [3.8, 4) is 0 Å². The molecule has 0 unspecified atom stereocenters. The molecule has 0 nitrogen and oxygen atoms in total. The number of hydrogen-bond acceptors (Lipinski definition) is 0. The van der Waals surface area contributed by atoms with Crippen LogP contribution in [0.15, 0.2) is 20.9 Å². The van der Waals surface area contributed by atoms with E-state index in [9.17, 15) is 0 Å². The van der Waals surface area contributed by atoms with E-state index in [4.69, 9.17) is 0 Å². The van der Waals surface area contributed by atoms with Crippen LogP contribution in [0.25, 0.3) is 0 Å². The van der Waals surface area contributed by atoms with Crippen molar-refractivity contribution < 1.29 is 18.3 Å². The standard InChI is InChI=1S/C10H15.Ru/c1-7-6-10(4,5)9(3)8(7)2;/h1-5H3;. The van der Waals surface area contributed by atoms with Crippen molar-refractivity contribution in [1.29, 1.82) is 0 Å². The van der Waals surface area contributed by atoms with E-state index in [2.05, 4.69) is 52.9 Å². The molecule has 11 heavy (non-hydrogen) atoms. The van der Waals surface area contributed by atoms with Gasteiger partial charge in [0.05, 0.1) is 0 Å². The van der Waals surface area contributed by atoms with Gasteiger partial charge in [-0.2, -0.15) is 0 Å². The Morgan fingerprint density at radius 3 is 1.55 bits per heavy atom. The fourth-order valence-corrected chi connectivity index (χ4v) is 2.19. The van der Waals surface area contributed by atoms with Crippen molar-refractivity contribution in [1.82, 2.24) is 0 Å². The van der Waals surface area contributed by atoms with Gasteiger partial charge in [-0.3, -0.25) is 0 Å². The minimum absolute atomic E-state index is 0.283. The zero-order valence-electron chi connectivity index (χ0n) is 7.85. The van der Waals surface area contributed by atoms with Gasteiger partial charge in [-0.05, 0) is 0 Å². The van der Waals surface area contributed by atoms with Crippen LogP contribution in [0.4, 0.5) is 0 Å². The fourth-order valence-electron chi connectivity index (χ4n) is 1.54. The molecule has 0 aromatic rings. The molecular weight excluding hydrogens is 221 g/mol. The summed E-state index contributed by atoms with van der Waals surface area (Å²) in [6, 6.07) is 0. The molecule has 0 aromatic heterocycles. The molecule has 1 heteroatoms. The van der Waals surface area contributed by atoms with Gasteiger partial charge in [-0.15, -0.1) is 0 Å². The van der Waals surface area contributed by atoms with Crippen LogP contribution < -0.4 is 0 Å². The summed E-state index contributed by atoms with van der Waals surface area (Å²) in [6.07, 6.45) is 0. The Kier molecular flexibility index (Phi) is 2.14. The van der Waals surface area contributed by atoms with Crippen LogP contribution in [0, 0.1) is 5.41 Å². The van der Waals surface area contributed by atoms with Gasteiger partial charge in [-0.25, -0.2) is 0 Å². The third kappa shape index (κ3) is 1.14. The van der Waals surface area contributed by atoms with Gasteiger partial charge in [0.2, 0.25) is 0 Å². The van der Waals surface area contributed by atoms with Crippen molar-refractivity contribution >= 4 is 0 Å². The van der Waals surface area contributed by atoms with Crippen molar-refractivity contribution in [3.63, 3.8) is 0 Å². The Hall–Kier alpha value is 0.103. The molecule has 0 spiro atoms. The quantitative estimate of drug-likeness (QED) is 0.567. The van der Waals surface area contributed by atoms with Gasteiger partial charge in [0.25, 0.3) is 0 Å². The maximum absolute atomic E-state index is 2.77. The molecule has 0 N–H and O–H groups in total. The molecule has 0 saturated heterocycles. The predicted octanol–water partition coefficient (Wildman–Crippen LogP) is 3.18. The Labute approximate surface area is 79.4 Å². The summed E-state index contributed by atoms with van der Waals surface area (Å²) in [5.74, 6) is 0. The summed E-state index contributed by atoms with van der Waals surface area (Å²) in [4.78, 5) is 0. The summed E-state index contributed by atoms with van der Waals surface area (Å²) in [7, 11) is 0. The van der Waals surface area contributed by atoms with Crippen molar-refractivity contribution in [3.05, 3.63) is 20.9 Å². The average molecular weight is 236 g/mol. The zero-order valence-corrected chi connectivity index (χ0v) is 9.59. The van der Waals surface area contributed by atoms with Crippen molar-refractivity contribution in [2.24, 2.45) is 5.41 Å². The van der Waals surface area contributed by atoms with E-state index in [0.717, 1.165) is 0 Å². The van der Waals surface area contributed by atoms with Gasteiger partial charge in [-0.1, -0.05) is 0 Å². The third-order valence-corrected chi connectivity index (χ3v) is 4.65. The van der Waals surface area contributed by atoms with Crippen LogP contribution in [-0.2, 0) is 18.3 Å². The predicted molar refractivity (Wildman–Crippen MR) is 44.9 cm³/mol. The van der Waals surface area contributed by atoms with Gasteiger partial charge < -0.3 is 0 Å². The van der Waals surface area contributed by atoms with E-state index < -0.39 is 0 Å². The molecular formula is C10H15Ru. The zero-order chi connectivity index (χ0) is 8.81. The fraction of sp³-hybridized carbons (Fsp3) is 0.600. The summed E-state index contributed by atoms with van der Waals surface area (Å²) in [6.45, 7) is 11.2. The first-order chi connectivity index (χ1) is 4.89. The Morgan fingerprint density at radius 2 is 1.45 bits per heavy atom. The van der Waals surface area contributed by atoms with E-state index >= 15 is 0 Å². The summed E-state index contributed by atoms with van der Waals surface area (Å²) in [5.41, 5.74) is 4.74. The van der Waals surface area contributed by atoms with E-state index in [1.807, 2.05) is 0 Å². The normalized spacial score (nSPS) is 23.5. The molecule has 63 valence electrons. The molecule has 0 aromatic carbocycles. The Balaban J connectivity index is 3.27. The number of allylic oxidation sites excluding steroid dienone is 4. The number of hydrogen-bond donors (Lipinski definition) is 0. The molecule has 1 aliphatic carbocycles. The SMILES string of the molecule is CC1=C(C)C(C)(C)[C]([Ru])=C1C. The number of rotatable bonds is 0. The van der Waals surface area contributed by atoms with Crippen molar-refractivity contribution in [2.45, 2.75) is 34.6 Å². The molecule has 0 atom stereocenters. The second-order valence-electron chi connectivity index (χ2n) is 3.80. The molecule has 0 amide bonds. The van der Waals surface area contributed by atoms with Gasteiger partial charge in [0.15, 0.2) is 0 Å². The van der Waals surface area contributed by atoms with E-state index in [1.54, 1.807) is 0 Å². The van der Waals surface area contributed by atoms with Gasteiger partial charge in [0.1, 0.15) is 0 Å².